The van der Waals surface area contributed by atoms with E-state index in [-0.39, 0.29) is 6.03 Å². The van der Waals surface area contributed by atoms with Gasteiger partial charge in [-0.1, -0.05) is 18.2 Å². The SMILES string of the molecule is Cc1cccc(NC(=O)NC2=CNC=CC=C2)c1. The van der Waals surface area contributed by atoms with Gasteiger partial charge in [0, 0.05) is 18.1 Å². The molecule has 2 amide bonds. The zero-order chi connectivity index (χ0) is 12.8. The van der Waals surface area contributed by atoms with Crippen molar-refractivity contribution in [3.05, 3.63) is 66.2 Å². The summed E-state index contributed by atoms with van der Waals surface area (Å²) in [7, 11) is 0. The summed E-state index contributed by atoms with van der Waals surface area (Å²) in [6.07, 6.45) is 9.01. The molecular formula is C14H15N3O. The molecule has 0 saturated heterocycles. The van der Waals surface area contributed by atoms with E-state index in [0.29, 0.717) is 5.70 Å². The Morgan fingerprint density at radius 2 is 2.11 bits per heavy atom. The zero-order valence-electron chi connectivity index (χ0n) is 10.1. The molecule has 4 heteroatoms. The lowest BCUT2D eigenvalue weighted by atomic mass is 10.2. The van der Waals surface area contributed by atoms with Gasteiger partial charge in [-0.05, 0) is 36.8 Å². The fourth-order valence-corrected chi connectivity index (χ4v) is 1.55. The van der Waals surface area contributed by atoms with E-state index < -0.39 is 0 Å². The summed E-state index contributed by atoms with van der Waals surface area (Å²) < 4.78 is 0. The highest BCUT2D eigenvalue weighted by Crippen LogP contribution is 2.09. The van der Waals surface area contributed by atoms with Crippen LogP contribution in [0.25, 0.3) is 0 Å². The fraction of sp³-hybridized carbons (Fsp3) is 0.0714. The van der Waals surface area contributed by atoms with Crippen LogP contribution in [0.1, 0.15) is 5.56 Å². The molecule has 0 saturated carbocycles. The highest BCUT2D eigenvalue weighted by molar-refractivity contribution is 5.90. The van der Waals surface area contributed by atoms with E-state index >= 15 is 0 Å². The molecule has 0 aromatic heterocycles. The van der Waals surface area contributed by atoms with E-state index in [1.807, 2.05) is 49.4 Å². The van der Waals surface area contributed by atoms with Gasteiger partial charge in [-0.15, -0.1) is 0 Å². The second-order valence-corrected chi connectivity index (χ2v) is 3.93. The average molecular weight is 241 g/mol. The number of nitrogens with one attached hydrogen (secondary N) is 3. The van der Waals surface area contributed by atoms with E-state index in [2.05, 4.69) is 16.0 Å². The third-order valence-electron chi connectivity index (χ3n) is 2.35. The van der Waals surface area contributed by atoms with Crippen molar-refractivity contribution in [2.24, 2.45) is 0 Å². The number of hydrogen-bond acceptors (Lipinski definition) is 2. The Morgan fingerprint density at radius 1 is 1.22 bits per heavy atom. The molecule has 0 aliphatic carbocycles. The normalized spacial score (nSPS) is 13.3. The number of carbonyl (C=O) groups is 1. The van der Waals surface area contributed by atoms with Crippen molar-refractivity contribution in [3.63, 3.8) is 0 Å². The van der Waals surface area contributed by atoms with Crippen molar-refractivity contribution < 1.29 is 4.79 Å². The predicted molar refractivity (Wildman–Crippen MR) is 72.8 cm³/mol. The number of carbonyl (C=O) groups excluding carboxylic acids is 1. The van der Waals surface area contributed by atoms with Crippen molar-refractivity contribution >= 4 is 11.7 Å². The molecule has 0 fully saturated rings. The van der Waals surface area contributed by atoms with Crippen LogP contribution >= 0.6 is 0 Å². The first-order chi connectivity index (χ1) is 8.74. The van der Waals surface area contributed by atoms with Crippen molar-refractivity contribution in [3.8, 4) is 0 Å². The summed E-state index contributed by atoms with van der Waals surface area (Å²) in [5, 5.41) is 8.45. The lowest BCUT2D eigenvalue weighted by Gasteiger charge is -2.08. The standard InChI is InChI=1S/C14H15N3O/c1-11-5-4-7-12(9-11)16-14(18)17-13-6-2-3-8-15-10-13/h2-10,15H,1H3,(H2,16,17,18). The van der Waals surface area contributed by atoms with Crippen molar-refractivity contribution in [2.75, 3.05) is 5.32 Å². The molecule has 0 unspecified atom stereocenters. The molecule has 1 heterocycles. The Balaban J connectivity index is 1.95. The monoisotopic (exact) mass is 241 g/mol. The minimum absolute atomic E-state index is 0.264. The highest BCUT2D eigenvalue weighted by Gasteiger charge is 2.03. The third-order valence-corrected chi connectivity index (χ3v) is 2.35. The van der Waals surface area contributed by atoms with Crippen molar-refractivity contribution in [2.45, 2.75) is 6.92 Å². The number of amides is 2. The van der Waals surface area contributed by atoms with Crippen LogP contribution in [0.15, 0.2) is 60.6 Å². The second-order valence-electron chi connectivity index (χ2n) is 3.93. The molecule has 92 valence electrons. The number of rotatable bonds is 2. The van der Waals surface area contributed by atoms with Gasteiger partial charge in [0.05, 0.1) is 5.70 Å². The number of urea groups is 1. The van der Waals surface area contributed by atoms with Gasteiger partial charge in [-0.25, -0.2) is 4.79 Å². The van der Waals surface area contributed by atoms with Crippen LogP contribution < -0.4 is 16.0 Å². The Hall–Kier alpha value is -2.49. The van der Waals surface area contributed by atoms with E-state index in [1.54, 1.807) is 12.4 Å². The van der Waals surface area contributed by atoms with Gasteiger partial charge in [0.25, 0.3) is 0 Å². The number of anilines is 1. The first kappa shape index (κ1) is 12.0. The Labute approximate surface area is 106 Å². The first-order valence-electron chi connectivity index (χ1n) is 5.68. The molecule has 3 N–H and O–H groups in total. The maximum atomic E-state index is 11.8. The molecular weight excluding hydrogens is 226 g/mol. The van der Waals surface area contributed by atoms with E-state index in [9.17, 15) is 4.79 Å². The summed E-state index contributed by atoms with van der Waals surface area (Å²) in [4.78, 5) is 11.8. The van der Waals surface area contributed by atoms with Crippen molar-refractivity contribution in [1.29, 1.82) is 0 Å². The Bertz CT molecular complexity index is 530. The smallest absolute Gasteiger partial charge is 0.323 e. The quantitative estimate of drug-likeness (QED) is 0.745. The van der Waals surface area contributed by atoms with Crippen LogP contribution in [-0.4, -0.2) is 6.03 Å². The summed E-state index contributed by atoms with van der Waals surface area (Å²) in [5.74, 6) is 0. The van der Waals surface area contributed by atoms with Crippen molar-refractivity contribution in [1.82, 2.24) is 10.6 Å². The molecule has 1 aromatic rings. The molecule has 1 aromatic carbocycles. The number of hydrogen-bond donors (Lipinski definition) is 3. The van der Waals surface area contributed by atoms with Gasteiger partial charge in [0.15, 0.2) is 0 Å². The van der Waals surface area contributed by atoms with Gasteiger partial charge in [-0.3, -0.25) is 0 Å². The Kier molecular flexibility index (Phi) is 3.81. The molecule has 1 aliphatic heterocycles. The minimum atomic E-state index is -0.264. The van der Waals surface area contributed by atoms with E-state index in [4.69, 9.17) is 0 Å². The molecule has 4 nitrogen and oxygen atoms in total. The highest BCUT2D eigenvalue weighted by atomic mass is 16.2. The summed E-state index contributed by atoms with van der Waals surface area (Å²) in [6.45, 7) is 1.98. The zero-order valence-corrected chi connectivity index (χ0v) is 10.1. The van der Waals surface area contributed by atoms with Crippen LogP contribution in [-0.2, 0) is 0 Å². The molecule has 18 heavy (non-hydrogen) atoms. The molecule has 0 spiro atoms. The molecule has 0 radical (unpaired) electrons. The third kappa shape index (κ3) is 3.52. The topological polar surface area (TPSA) is 53.2 Å². The molecule has 1 aliphatic rings. The maximum absolute atomic E-state index is 11.8. The summed E-state index contributed by atoms with van der Waals surface area (Å²) in [5.41, 5.74) is 2.58. The molecule has 0 atom stereocenters. The minimum Gasteiger partial charge on any atom is -0.366 e. The van der Waals surface area contributed by atoms with E-state index in [1.165, 1.54) is 0 Å². The van der Waals surface area contributed by atoms with Crippen LogP contribution in [0, 0.1) is 6.92 Å². The predicted octanol–water partition coefficient (Wildman–Crippen LogP) is 2.63. The van der Waals surface area contributed by atoms with Gasteiger partial charge >= 0.3 is 6.03 Å². The Morgan fingerprint density at radius 3 is 2.94 bits per heavy atom. The van der Waals surface area contributed by atoms with Crippen LogP contribution in [0.4, 0.5) is 10.5 Å². The number of benzene rings is 1. The average Bonchev–Trinajstić information content (AvgIpc) is 2.57. The lowest BCUT2D eigenvalue weighted by Crippen LogP contribution is -2.28. The van der Waals surface area contributed by atoms with Crippen LogP contribution in [0.2, 0.25) is 0 Å². The second kappa shape index (κ2) is 5.72. The molecule has 2 rings (SSSR count). The fourth-order valence-electron chi connectivity index (χ4n) is 1.55. The van der Waals surface area contributed by atoms with Crippen LogP contribution in [0.5, 0.6) is 0 Å². The molecule has 0 bridgehead atoms. The van der Waals surface area contributed by atoms with Gasteiger partial charge in [-0.2, -0.15) is 0 Å². The first-order valence-corrected chi connectivity index (χ1v) is 5.68. The van der Waals surface area contributed by atoms with E-state index in [0.717, 1.165) is 11.3 Å². The van der Waals surface area contributed by atoms with Crippen LogP contribution in [0.3, 0.4) is 0 Å². The van der Waals surface area contributed by atoms with Gasteiger partial charge in [0.2, 0.25) is 0 Å². The van der Waals surface area contributed by atoms with Gasteiger partial charge in [0.1, 0.15) is 0 Å². The number of aryl methyl sites for hydroxylation is 1. The summed E-state index contributed by atoms with van der Waals surface area (Å²) >= 11 is 0. The lowest BCUT2D eigenvalue weighted by molar-refractivity contribution is 0.254. The maximum Gasteiger partial charge on any atom is 0.323 e. The summed E-state index contributed by atoms with van der Waals surface area (Å²) in [6, 6.07) is 7.39. The van der Waals surface area contributed by atoms with Gasteiger partial charge < -0.3 is 16.0 Å². The largest absolute Gasteiger partial charge is 0.366 e. The number of allylic oxidation sites excluding steroid dienone is 3.